The summed E-state index contributed by atoms with van der Waals surface area (Å²) in [5, 5.41) is 17.4. The number of nitro benzene ring substituents is 1. The van der Waals surface area contributed by atoms with E-state index in [0.717, 1.165) is 0 Å². The minimum Gasteiger partial charge on any atom is -0.371 e. The lowest BCUT2D eigenvalue weighted by Crippen LogP contribution is -2.34. The van der Waals surface area contributed by atoms with Crippen LogP contribution >= 0.6 is 0 Å². The number of nitrogens with zero attached hydrogens (tertiary/aromatic N) is 4. The van der Waals surface area contributed by atoms with Crippen molar-refractivity contribution in [3.05, 3.63) is 58.9 Å². The Bertz CT molecular complexity index is 913. The summed E-state index contributed by atoms with van der Waals surface area (Å²) >= 11 is 0. The molecule has 0 atom stereocenters. The second-order valence-electron chi connectivity index (χ2n) is 4.96. The van der Waals surface area contributed by atoms with Crippen LogP contribution in [0, 0.1) is 10.1 Å². The number of hydrogen-bond acceptors (Lipinski definition) is 9. The quantitative estimate of drug-likeness (QED) is 0.424. The Morgan fingerprint density at radius 2 is 1.96 bits per heavy atom. The van der Waals surface area contributed by atoms with E-state index in [9.17, 15) is 14.9 Å². The maximum atomic E-state index is 11.8. The van der Waals surface area contributed by atoms with Crippen LogP contribution < -0.4 is 16.2 Å². The van der Waals surface area contributed by atoms with Crippen molar-refractivity contribution in [2.45, 2.75) is 0 Å². The van der Waals surface area contributed by atoms with E-state index in [1.165, 1.54) is 12.1 Å². The third-order valence-electron chi connectivity index (χ3n) is 3.21. The van der Waals surface area contributed by atoms with Gasteiger partial charge >= 0.3 is 6.01 Å². The van der Waals surface area contributed by atoms with Crippen LogP contribution in [0.1, 0.15) is 0 Å². The molecule has 3 rings (SSSR count). The third kappa shape index (κ3) is 4.08. The molecule has 0 spiro atoms. The molecule has 0 saturated carbocycles. The second-order valence-corrected chi connectivity index (χ2v) is 4.96. The fourth-order valence-corrected chi connectivity index (χ4v) is 2.02. The Balaban J connectivity index is 1.52. The van der Waals surface area contributed by atoms with Gasteiger partial charge in [-0.25, -0.2) is 5.43 Å². The lowest BCUT2D eigenvalue weighted by Gasteiger charge is -2.07. The molecule has 11 nitrogen and oxygen atoms in total. The lowest BCUT2D eigenvalue weighted by atomic mass is 10.2. The number of nitrogens with one attached hydrogen (secondary N) is 3. The normalized spacial score (nSPS) is 10.2. The van der Waals surface area contributed by atoms with Crippen LogP contribution in [0.3, 0.4) is 0 Å². The monoisotopic (exact) mass is 355 g/mol. The third-order valence-corrected chi connectivity index (χ3v) is 3.21. The molecule has 0 saturated heterocycles. The van der Waals surface area contributed by atoms with E-state index in [0.29, 0.717) is 11.4 Å². The first-order chi connectivity index (χ1) is 12.6. The first kappa shape index (κ1) is 16.8. The molecule has 0 radical (unpaired) electrons. The first-order valence-electron chi connectivity index (χ1n) is 7.40. The highest BCUT2D eigenvalue weighted by atomic mass is 16.6. The molecule has 132 valence electrons. The average molecular weight is 355 g/mol. The molecule has 0 unspecified atom stereocenters. The van der Waals surface area contributed by atoms with E-state index < -0.39 is 10.8 Å². The molecular weight excluding hydrogens is 342 g/mol. The molecule has 26 heavy (non-hydrogen) atoms. The van der Waals surface area contributed by atoms with Crippen molar-refractivity contribution in [2.24, 2.45) is 0 Å². The summed E-state index contributed by atoms with van der Waals surface area (Å²) in [5.74, 6) is -0.144. The number of nitro groups is 1. The molecule has 0 aliphatic heterocycles. The van der Waals surface area contributed by atoms with Gasteiger partial charge in [-0.15, -0.1) is 0 Å². The highest BCUT2D eigenvalue weighted by molar-refractivity contribution is 5.82. The number of carbonyl (C=O) groups excluding carboxylic acids is 1. The predicted octanol–water partition coefficient (Wildman–Crippen LogP) is 1.59. The molecule has 11 heteroatoms. The maximum Gasteiger partial charge on any atom is 0.340 e. The van der Waals surface area contributed by atoms with E-state index in [1.54, 1.807) is 36.7 Å². The smallest absolute Gasteiger partial charge is 0.340 e. The Morgan fingerprint density at radius 1 is 1.19 bits per heavy atom. The molecule has 0 bridgehead atoms. The molecular formula is C15H13N7O4. The summed E-state index contributed by atoms with van der Waals surface area (Å²) in [6.07, 6.45) is 3.18. The van der Waals surface area contributed by atoms with Gasteiger partial charge in [-0.05, 0) is 18.2 Å². The Labute approximate surface area is 146 Å². The SMILES string of the molecule is O=C(CNc1ccccc1[N+](=O)[O-])NNc1nc(-c2ccncc2)no1. The van der Waals surface area contributed by atoms with Gasteiger partial charge < -0.3 is 9.84 Å². The van der Waals surface area contributed by atoms with Gasteiger partial charge in [-0.1, -0.05) is 17.3 Å². The highest BCUT2D eigenvalue weighted by Crippen LogP contribution is 2.22. The van der Waals surface area contributed by atoms with Crippen LogP contribution in [-0.2, 0) is 4.79 Å². The van der Waals surface area contributed by atoms with Crippen LogP contribution in [0.15, 0.2) is 53.3 Å². The highest BCUT2D eigenvalue weighted by Gasteiger charge is 2.13. The average Bonchev–Trinajstić information content (AvgIpc) is 3.14. The van der Waals surface area contributed by atoms with Crippen LogP contribution in [0.5, 0.6) is 0 Å². The topological polar surface area (TPSA) is 148 Å². The van der Waals surface area contributed by atoms with Crippen molar-refractivity contribution in [3.8, 4) is 11.4 Å². The van der Waals surface area contributed by atoms with Gasteiger partial charge in [0.05, 0.1) is 11.5 Å². The van der Waals surface area contributed by atoms with E-state index in [4.69, 9.17) is 4.52 Å². The summed E-state index contributed by atoms with van der Waals surface area (Å²) in [7, 11) is 0. The van der Waals surface area contributed by atoms with Gasteiger partial charge in [0.1, 0.15) is 5.69 Å². The van der Waals surface area contributed by atoms with Gasteiger partial charge in [-0.3, -0.25) is 25.3 Å². The fraction of sp³-hybridized carbons (Fsp3) is 0.0667. The van der Waals surface area contributed by atoms with Crippen molar-refractivity contribution in [3.63, 3.8) is 0 Å². The number of aromatic nitrogens is 3. The molecule has 2 heterocycles. The van der Waals surface area contributed by atoms with Gasteiger partial charge in [0.2, 0.25) is 5.82 Å². The summed E-state index contributed by atoms with van der Waals surface area (Å²) in [4.78, 5) is 30.2. The maximum absolute atomic E-state index is 11.8. The first-order valence-corrected chi connectivity index (χ1v) is 7.40. The van der Waals surface area contributed by atoms with E-state index >= 15 is 0 Å². The number of anilines is 2. The Kier molecular flexibility index (Phi) is 4.98. The van der Waals surface area contributed by atoms with Crippen molar-refractivity contribution in [2.75, 3.05) is 17.3 Å². The standard InChI is InChI=1S/C15H13N7O4/c23-13(9-17-11-3-1-2-4-12(11)22(24)25)19-20-15-18-14(21-26-15)10-5-7-16-8-6-10/h1-8,17H,9H2,(H,19,23)(H,18,20,21). The molecule has 3 N–H and O–H groups in total. The molecule has 0 fully saturated rings. The van der Waals surface area contributed by atoms with Gasteiger partial charge in [0.25, 0.3) is 11.6 Å². The van der Waals surface area contributed by atoms with Crippen molar-refractivity contribution in [1.82, 2.24) is 20.6 Å². The molecule has 1 aromatic carbocycles. The predicted molar refractivity (Wildman–Crippen MR) is 90.9 cm³/mol. The Hall–Kier alpha value is -4.02. The zero-order valence-electron chi connectivity index (χ0n) is 13.2. The van der Waals surface area contributed by atoms with Gasteiger partial charge in [0, 0.05) is 24.0 Å². The van der Waals surface area contributed by atoms with E-state index in [-0.39, 0.29) is 23.9 Å². The summed E-state index contributed by atoms with van der Waals surface area (Å²) in [6.45, 7) is -0.191. The lowest BCUT2D eigenvalue weighted by molar-refractivity contribution is -0.383. The minimum atomic E-state index is -0.530. The molecule has 1 amide bonds. The van der Waals surface area contributed by atoms with E-state index in [1.807, 2.05) is 0 Å². The number of pyridine rings is 1. The van der Waals surface area contributed by atoms with Gasteiger partial charge in [0.15, 0.2) is 0 Å². The van der Waals surface area contributed by atoms with Crippen LogP contribution in [0.25, 0.3) is 11.4 Å². The molecule has 3 aromatic rings. The largest absolute Gasteiger partial charge is 0.371 e. The van der Waals surface area contributed by atoms with Crippen LogP contribution in [0.4, 0.5) is 17.4 Å². The zero-order valence-corrected chi connectivity index (χ0v) is 13.2. The number of benzene rings is 1. The number of rotatable bonds is 7. The van der Waals surface area contributed by atoms with Crippen molar-refractivity contribution >= 4 is 23.3 Å². The second kappa shape index (κ2) is 7.70. The van der Waals surface area contributed by atoms with Crippen LogP contribution in [0.2, 0.25) is 0 Å². The zero-order chi connectivity index (χ0) is 18.4. The minimum absolute atomic E-state index is 0.00384. The number of hydrazine groups is 1. The molecule has 0 aliphatic carbocycles. The van der Waals surface area contributed by atoms with Crippen molar-refractivity contribution < 1.29 is 14.2 Å². The summed E-state index contributed by atoms with van der Waals surface area (Å²) in [6, 6.07) is 9.45. The number of para-hydroxylation sites is 2. The summed E-state index contributed by atoms with van der Waals surface area (Å²) in [5.41, 5.74) is 5.66. The van der Waals surface area contributed by atoms with Gasteiger partial charge in [-0.2, -0.15) is 4.98 Å². The van der Waals surface area contributed by atoms with E-state index in [2.05, 4.69) is 31.3 Å². The van der Waals surface area contributed by atoms with Crippen molar-refractivity contribution in [1.29, 1.82) is 0 Å². The number of carbonyl (C=O) groups is 1. The number of hydrogen-bond donors (Lipinski definition) is 3. The van der Waals surface area contributed by atoms with Crippen LogP contribution in [-0.4, -0.2) is 32.5 Å². The number of amides is 1. The Morgan fingerprint density at radius 3 is 2.73 bits per heavy atom. The summed E-state index contributed by atoms with van der Waals surface area (Å²) < 4.78 is 4.97. The molecule has 0 aliphatic rings. The fourth-order valence-electron chi connectivity index (χ4n) is 2.02. The molecule has 2 aromatic heterocycles.